The minimum atomic E-state index is -4.20. The van der Waals surface area contributed by atoms with Gasteiger partial charge in [0.2, 0.25) is 5.28 Å². The molecule has 4 rings (SSSR count). The Labute approximate surface area is 214 Å². The quantitative estimate of drug-likeness (QED) is 0.189. The van der Waals surface area contributed by atoms with E-state index in [0.29, 0.717) is 33.6 Å². The summed E-state index contributed by atoms with van der Waals surface area (Å²) in [5, 5.41) is 1.55. The Hall–Kier alpha value is -1.59. The molecular weight excluding hydrogens is 526 g/mol. The lowest BCUT2D eigenvalue weighted by molar-refractivity contribution is -0.129. The molecule has 1 aliphatic heterocycles. The number of rotatable bonds is 7. The Bertz CT molecular complexity index is 1130. The van der Waals surface area contributed by atoms with Gasteiger partial charge >= 0.3 is 6.18 Å². The van der Waals surface area contributed by atoms with E-state index < -0.39 is 12.6 Å². The molecule has 0 radical (unpaired) electrons. The van der Waals surface area contributed by atoms with Gasteiger partial charge in [-0.3, -0.25) is 0 Å². The van der Waals surface area contributed by atoms with Gasteiger partial charge in [-0.25, -0.2) is 15.0 Å². The topological polar surface area (TPSA) is 53.9 Å². The number of piperidine rings is 1. The lowest BCUT2D eigenvalue weighted by atomic mass is 9.98. The molecule has 0 saturated carbocycles. The second kappa shape index (κ2) is 11.0. The molecule has 0 unspecified atom stereocenters. The number of halogens is 5. The van der Waals surface area contributed by atoms with Crippen molar-refractivity contribution in [3.63, 3.8) is 0 Å². The van der Waals surface area contributed by atoms with E-state index in [-0.39, 0.29) is 11.0 Å². The van der Waals surface area contributed by atoms with Crippen LogP contribution in [-0.2, 0) is 0 Å². The van der Waals surface area contributed by atoms with Gasteiger partial charge in [0.05, 0.1) is 38.4 Å². The molecule has 34 heavy (non-hydrogen) atoms. The van der Waals surface area contributed by atoms with Crippen LogP contribution in [0.2, 0.25) is 10.3 Å². The maximum absolute atomic E-state index is 12.5. The van der Waals surface area contributed by atoms with Gasteiger partial charge in [0.1, 0.15) is 0 Å². The summed E-state index contributed by atoms with van der Waals surface area (Å²) in [5.41, 5.74) is 2.55. The van der Waals surface area contributed by atoms with Crippen LogP contribution in [0.5, 0.6) is 0 Å². The van der Waals surface area contributed by atoms with Crippen LogP contribution < -0.4 is 4.72 Å². The van der Waals surface area contributed by atoms with Crippen molar-refractivity contribution < 1.29 is 13.2 Å². The van der Waals surface area contributed by atoms with Crippen LogP contribution in [0.1, 0.15) is 30.2 Å². The highest BCUT2D eigenvalue weighted by molar-refractivity contribution is 8.00. The molecule has 0 spiro atoms. The van der Waals surface area contributed by atoms with Crippen LogP contribution in [-0.4, -0.2) is 51.9 Å². The van der Waals surface area contributed by atoms with Gasteiger partial charge in [0.25, 0.3) is 0 Å². The summed E-state index contributed by atoms with van der Waals surface area (Å²) in [6.07, 6.45) is -1.46. The van der Waals surface area contributed by atoms with Crippen molar-refractivity contribution in [1.29, 1.82) is 0 Å². The Morgan fingerprint density at radius 3 is 2.65 bits per heavy atom. The average molecular weight is 548 g/mol. The first kappa shape index (κ1) is 25.5. The van der Waals surface area contributed by atoms with Crippen molar-refractivity contribution in [3.05, 3.63) is 45.8 Å². The molecule has 5 nitrogen and oxygen atoms in total. The smallest absolute Gasteiger partial charge is 0.328 e. The molecule has 1 aliphatic rings. The average Bonchev–Trinajstić information content (AvgIpc) is 3.23. The Morgan fingerprint density at radius 1 is 1.18 bits per heavy atom. The maximum Gasteiger partial charge on any atom is 0.389 e. The van der Waals surface area contributed by atoms with Gasteiger partial charge < -0.3 is 9.62 Å². The van der Waals surface area contributed by atoms with Gasteiger partial charge in [0, 0.05) is 23.4 Å². The number of nitrogens with zero attached hydrogens (tertiary/aromatic N) is 4. The second-order valence-corrected chi connectivity index (χ2v) is 10.6. The summed E-state index contributed by atoms with van der Waals surface area (Å²) in [5.74, 6) is 0.218. The monoisotopic (exact) mass is 547 g/mol. The van der Waals surface area contributed by atoms with E-state index in [9.17, 15) is 13.2 Å². The van der Waals surface area contributed by atoms with Crippen LogP contribution in [0.4, 0.5) is 18.9 Å². The van der Waals surface area contributed by atoms with Crippen molar-refractivity contribution in [2.75, 3.05) is 30.6 Å². The number of aromatic nitrogens is 3. The molecule has 0 atom stereocenters. The van der Waals surface area contributed by atoms with Crippen molar-refractivity contribution in [2.24, 2.45) is 0 Å². The molecule has 182 valence electrons. The predicted octanol–water partition coefficient (Wildman–Crippen LogP) is 7.40. The zero-order valence-corrected chi connectivity index (χ0v) is 21.3. The summed E-state index contributed by atoms with van der Waals surface area (Å²) in [6.45, 7) is 2.01. The van der Waals surface area contributed by atoms with E-state index in [1.165, 1.54) is 0 Å². The Morgan fingerprint density at radius 2 is 1.94 bits per heavy atom. The highest BCUT2D eigenvalue weighted by Crippen LogP contribution is 2.44. The molecule has 0 amide bonds. The van der Waals surface area contributed by atoms with E-state index in [1.54, 1.807) is 35.7 Å². The third-order valence-corrected chi connectivity index (χ3v) is 8.10. The fraction of sp³-hybridized carbons (Fsp3) is 0.409. The minimum Gasteiger partial charge on any atom is -0.328 e. The van der Waals surface area contributed by atoms with Gasteiger partial charge in [-0.15, -0.1) is 11.3 Å². The molecule has 1 N–H and O–H groups in total. The van der Waals surface area contributed by atoms with E-state index in [2.05, 4.69) is 26.6 Å². The van der Waals surface area contributed by atoms with E-state index in [4.69, 9.17) is 28.2 Å². The molecule has 3 aromatic rings. The van der Waals surface area contributed by atoms with E-state index in [0.717, 1.165) is 47.8 Å². The van der Waals surface area contributed by atoms with Crippen molar-refractivity contribution in [1.82, 2.24) is 19.9 Å². The largest absolute Gasteiger partial charge is 0.389 e. The first-order chi connectivity index (χ1) is 16.2. The highest BCUT2D eigenvalue weighted by atomic mass is 35.5. The maximum atomic E-state index is 12.5. The molecule has 2 aromatic heterocycles. The van der Waals surface area contributed by atoms with Crippen LogP contribution in [0.3, 0.4) is 0 Å². The zero-order valence-electron chi connectivity index (χ0n) is 18.2. The molecule has 12 heteroatoms. The second-order valence-electron chi connectivity index (χ2n) is 8.00. The number of benzene rings is 1. The number of thiazole rings is 1. The van der Waals surface area contributed by atoms with Gasteiger partial charge in [-0.05, 0) is 56.7 Å². The number of nitrogens with one attached hydrogen (secondary N) is 1. The van der Waals surface area contributed by atoms with Crippen molar-refractivity contribution in [3.8, 4) is 21.8 Å². The number of alkyl halides is 3. The third-order valence-electron chi connectivity index (χ3n) is 5.49. The number of likely N-dealkylation sites (tertiary alicyclic amines) is 1. The summed E-state index contributed by atoms with van der Waals surface area (Å²) in [7, 11) is 2.11. The standard InChI is InChI=1S/C22H22Cl2F3N5S2/c1-32-10-6-13(7-11-32)20-30-18(19(34-20)16-5-9-28-21(24)29-16)14-3-2-4-15(17(14)23)31-33-12-8-22(25,26)27/h2-5,9,13,31H,6-8,10-12H2,1H3. The van der Waals surface area contributed by atoms with Gasteiger partial charge in [0.15, 0.2) is 0 Å². The molecule has 1 aromatic carbocycles. The minimum absolute atomic E-state index is 0.119. The number of hydrogen-bond acceptors (Lipinski definition) is 7. The van der Waals surface area contributed by atoms with Crippen LogP contribution in [0, 0.1) is 0 Å². The zero-order chi connectivity index (χ0) is 24.3. The first-order valence-electron chi connectivity index (χ1n) is 10.6. The van der Waals surface area contributed by atoms with Crippen LogP contribution >= 0.6 is 46.5 Å². The summed E-state index contributed by atoms with van der Waals surface area (Å²) < 4.78 is 40.3. The summed E-state index contributed by atoms with van der Waals surface area (Å²) in [6, 6.07) is 7.18. The van der Waals surface area contributed by atoms with Crippen LogP contribution in [0.15, 0.2) is 30.5 Å². The SMILES string of the molecule is CN1CCC(c2nc(-c3cccc(NSCCC(F)(F)F)c3Cl)c(-c3ccnc(Cl)n3)s2)CC1. The fourth-order valence-electron chi connectivity index (χ4n) is 3.67. The van der Waals surface area contributed by atoms with Gasteiger partial charge in [-0.2, -0.15) is 13.2 Å². The van der Waals surface area contributed by atoms with Gasteiger partial charge in [-0.1, -0.05) is 35.7 Å². The van der Waals surface area contributed by atoms with E-state index in [1.807, 2.05) is 6.07 Å². The Kier molecular flexibility index (Phi) is 8.24. The first-order valence-corrected chi connectivity index (χ1v) is 13.2. The summed E-state index contributed by atoms with van der Waals surface area (Å²) in [4.78, 5) is 16.5. The van der Waals surface area contributed by atoms with Crippen LogP contribution in [0.25, 0.3) is 21.8 Å². The molecule has 1 fully saturated rings. The lowest BCUT2D eigenvalue weighted by Gasteiger charge is -2.27. The molecule has 3 heterocycles. The molecule has 0 aliphatic carbocycles. The summed E-state index contributed by atoms with van der Waals surface area (Å²) >= 11 is 15.3. The number of anilines is 1. The molecule has 0 bridgehead atoms. The molecule has 1 saturated heterocycles. The van der Waals surface area contributed by atoms with Crippen molar-refractivity contribution >= 4 is 52.2 Å². The number of hydrogen-bond donors (Lipinski definition) is 1. The molecular formula is C22H22Cl2F3N5S2. The fourth-order valence-corrected chi connectivity index (χ4v) is 6.12. The normalized spacial score (nSPS) is 15.6. The van der Waals surface area contributed by atoms with E-state index >= 15 is 0 Å². The van der Waals surface area contributed by atoms with Crippen molar-refractivity contribution in [2.45, 2.75) is 31.4 Å². The Balaban J connectivity index is 1.67. The lowest BCUT2D eigenvalue weighted by Crippen LogP contribution is -2.29. The highest BCUT2D eigenvalue weighted by Gasteiger charge is 2.27. The third kappa shape index (κ3) is 6.34. The predicted molar refractivity (Wildman–Crippen MR) is 135 cm³/mol.